The van der Waals surface area contributed by atoms with Crippen LogP contribution in [0.25, 0.3) is 0 Å². The lowest BCUT2D eigenvalue weighted by Crippen LogP contribution is -2.40. The molecule has 1 aromatic rings. The van der Waals surface area contributed by atoms with Crippen molar-refractivity contribution in [3.63, 3.8) is 0 Å². The van der Waals surface area contributed by atoms with Crippen LogP contribution in [0.5, 0.6) is 0 Å². The average Bonchev–Trinajstić information content (AvgIpc) is 2.31. The number of amides is 1. The van der Waals surface area contributed by atoms with Crippen LogP contribution >= 0.6 is 0 Å². The standard InChI is InChI=1S/C13H18N2O4/c1-9(2)12(13(19)14-7-6-11(17)18)15-8-4-3-5-10(15)16/h3-5,8-9,12H,6-7H2,1-2H3,(H,14,19)(H,17,18). The molecule has 1 amide bonds. The van der Waals surface area contributed by atoms with Crippen molar-refractivity contribution in [3.8, 4) is 0 Å². The van der Waals surface area contributed by atoms with Crippen molar-refractivity contribution in [2.75, 3.05) is 6.54 Å². The van der Waals surface area contributed by atoms with Gasteiger partial charge in [-0.3, -0.25) is 14.4 Å². The van der Waals surface area contributed by atoms with Gasteiger partial charge in [0.05, 0.1) is 6.42 Å². The number of carbonyl (C=O) groups is 2. The van der Waals surface area contributed by atoms with Crippen LogP contribution in [0.2, 0.25) is 0 Å². The fraction of sp³-hybridized carbons (Fsp3) is 0.462. The number of carbonyl (C=O) groups excluding carboxylic acids is 1. The first-order valence-corrected chi connectivity index (χ1v) is 6.10. The zero-order valence-electron chi connectivity index (χ0n) is 11.0. The molecular formula is C13H18N2O4. The van der Waals surface area contributed by atoms with Gasteiger partial charge in [0.1, 0.15) is 6.04 Å². The molecule has 0 aliphatic rings. The Labute approximate surface area is 111 Å². The zero-order chi connectivity index (χ0) is 14.4. The second-order valence-corrected chi connectivity index (χ2v) is 4.57. The van der Waals surface area contributed by atoms with Gasteiger partial charge in [-0.2, -0.15) is 0 Å². The van der Waals surface area contributed by atoms with Crippen LogP contribution in [-0.2, 0) is 9.59 Å². The first-order valence-electron chi connectivity index (χ1n) is 6.10. The Morgan fingerprint density at radius 3 is 2.58 bits per heavy atom. The van der Waals surface area contributed by atoms with Crippen LogP contribution in [0.1, 0.15) is 26.3 Å². The van der Waals surface area contributed by atoms with Gasteiger partial charge < -0.3 is 15.0 Å². The van der Waals surface area contributed by atoms with E-state index in [1.54, 1.807) is 18.3 Å². The van der Waals surface area contributed by atoms with Gasteiger partial charge in [0, 0.05) is 18.8 Å². The van der Waals surface area contributed by atoms with Crippen molar-refractivity contribution in [3.05, 3.63) is 34.7 Å². The minimum Gasteiger partial charge on any atom is -0.481 e. The molecule has 0 saturated heterocycles. The van der Waals surface area contributed by atoms with Crippen molar-refractivity contribution in [2.45, 2.75) is 26.3 Å². The number of aliphatic carboxylic acids is 1. The maximum absolute atomic E-state index is 12.1. The van der Waals surface area contributed by atoms with Gasteiger partial charge in [-0.15, -0.1) is 0 Å². The summed E-state index contributed by atoms with van der Waals surface area (Å²) >= 11 is 0. The summed E-state index contributed by atoms with van der Waals surface area (Å²) in [4.78, 5) is 34.2. The van der Waals surface area contributed by atoms with E-state index in [9.17, 15) is 14.4 Å². The number of aromatic nitrogens is 1. The van der Waals surface area contributed by atoms with Crippen molar-refractivity contribution < 1.29 is 14.7 Å². The summed E-state index contributed by atoms with van der Waals surface area (Å²) in [6.45, 7) is 3.72. The largest absolute Gasteiger partial charge is 0.481 e. The molecule has 6 heteroatoms. The Bertz CT molecular complexity index is 507. The molecule has 19 heavy (non-hydrogen) atoms. The van der Waals surface area contributed by atoms with Crippen LogP contribution in [0.3, 0.4) is 0 Å². The molecule has 104 valence electrons. The van der Waals surface area contributed by atoms with E-state index < -0.39 is 12.0 Å². The minimum absolute atomic E-state index is 0.0545. The number of pyridine rings is 1. The highest BCUT2D eigenvalue weighted by molar-refractivity contribution is 5.81. The van der Waals surface area contributed by atoms with E-state index in [1.165, 1.54) is 10.6 Å². The molecule has 0 saturated carbocycles. The Balaban J connectivity index is 2.84. The molecular weight excluding hydrogens is 248 g/mol. The lowest BCUT2D eigenvalue weighted by molar-refractivity contribution is -0.137. The second kappa shape index (κ2) is 6.72. The van der Waals surface area contributed by atoms with Crippen molar-refractivity contribution in [1.82, 2.24) is 9.88 Å². The van der Waals surface area contributed by atoms with Crippen molar-refractivity contribution in [1.29, 1.82) is 0 Å². The van der Waals surface area contributed by atoms with Crippen LogP contribution in [0.4, 0.5) is 0 Å². The van der Waals surface area contributed by atoms with Gasteiger partial charge in [-0.25, -0.2) is 0 Å². The normalized spacial score (nSPS) is 12.2. The Morgan fingerprint density at radius 1 is 1.37 bits per heavy atom. The first-order chi connectivity index (χ1) is 8.93. The summed E-state index contributed by atoms with van der Waals surface area (Å²) in [5.41, 5.74) is -0.255. The van der Waals surface area contributed by atoms with E-state index in [4.69, 9.17) is 5.11 Å². The van der Waals surface area contributed by atoms with Gasteiger partial charge in [-0.05, 0) is 12.0 Å². The van der Waals surface area contributed by atoms with E-state index in [1.807, 2.05) is 13.8 Å². The summed E-state index contributed by atoms with van der Waals surface area (Å²) in [6, 6.07) is 4.04. The topological polar surface area (TPSA) is 88.4 Å². The highest BCUT2D eigenvalue weighted by atomic mass is 16.4. The van der Waals surface area contributed by atoms with Crippen LogP contribution in [-0.4, -0.2) is 28.1 Å². The van der Waals surface area contributed by atoms with Crippen LogP contribution < -0.4 is 10.9 Å². The summed E-state index contributed by atoms with van der Waals surface area (Å²) in [6.07, 6.45) is 1.42. The number of nitrogens with zero attached hydrogens (tertiary/aromatic N) is 1. The number of carboxylic acids is 1. The third-order valence-electron chi connectivity index (χ3n) is 2.69. The third-order valence-corrected chi connectivity index (χ3v) is 2.69. The maximum Gasteiger partial charge on any atom is 0.305 e. The molecule has 0 radical (unpaired) electrons. The first kappa shape index (κ1) is 14.9. The molecule has 2 N–H and O–H groups in total. The van der Waals surface area contributed by atoms with Crippen molar-refractivity contribution in [2.24, 2.45) is 5.92 Å². The molecule has 1 atom stereocenters. The van der Waals surface area contributed by atoms with Gasteiger partial charge in [0.25, 0.3) is 5.56 Å². The predicted octanol–water partition coefficient (Wildman–Crippen LogP) is 0.636. The fourth-order valence-corrected chi connectivity index (χ4v) is 1.82. The van der Waals surface area contributed by atoms with Gasteiger partial charge in [0.2, 0.25) is 5.91 Å². The third kappa shape index (κ3) is 4.24. The summed E-state index contributed by atoms with van der Waals surface area (Å²) in [5.74, 6) is -1.40. The molecule has 0 bridgehead atoms. The summed E-state index contributed by atoms with van der Waals surface area (Å²) in [7, 11) is 0. The summed E-state index contributed by atoms with van der Waals surface area (Å²) < 4.78 is 1.36. The van der Waals surface area contributed by atoms with Crippen LogP contribution in [0.15, 0.2) is 29.2 Å². The molecule has 6 nitrogen and oxygen atoms in total. The molecule has 1 rings (SSSR count). The molecule has 0 fully saturated rings. The molecule has 0 aromatic carbocycles. The molecule has 1 aromatic heterocycles. The lowest BCUT2D eigenvalue weighted by atomic mass is 10.0. The number of rotatable bonds is 6. The highest BCUT2D eigenvalue weighted by Gasteiger charge is 2.24. The molecule has 1 unspecified atom stereocenters. The number of carboxylic acid groups (broad SMARTS) is 1. The quantitative estimate of drug-likeness (QED) is 0.790. The van der Waals surface area contributed by atoms with E-state index in [-0.39, 0.29) is 30.3 Å². The summed E-state index contributed by atoms with van der Waals surface area (Å²) in [5, 5.41) is 11.1. The van der Waals surface area contributed by atoms with E-state index in [0.717, 1.165) is 0 Å². The number of hydrogen-bond donors (Lipinski definition) is 2. The van der Waals surface area contributed by atoms with E-state index >= 15 is 0 Å². The SMILES string of the molecule is CC(C)C(C(=O)NCCC(=O)O)n1ccccc1=O. The Kier molecular flexibility index (Phi) is 5.29. The molecule has 1 heterocycles. The average molecular weight is 266 g/mol. The van der Waals surface area contributed by atoms with E-state index in [2.05, 4.69) is 5.32 Å². The van der Waals surface area contributed by atoms with Gasteiger partial charge in [-0.1, -0.05) is 19.9 Å². The number of hydrogen-bond acceptors (Lipinski definition) is 3. The monoisotopic (exact) mass is 266 g/mol. The number of nitrogens with one attached hydrogen (secondary N) is 1. The molecule has 0 aliphatic heterocycles. The van der Waals surface area contributed by atoms with Crippen molar-refractivity contribution >= 4 is 11.9 Å². The zero-order valence-corrected chi connectivity index (χ0v) is 11.0. The van der Waals surface area contributed by atoms with E-state index in [0.29, 0.717) is 0 Å². The Morgan fingerprint density at radius 2 is 2.05 bits per heavy atom. The smallest absolute Gasteiger partial charge is 0.305 e. The Hall–Kier alpha value is -2.11. The van der Waals surface area contributed by atoms with Gasteiger partial charge in [0.15, 0.2) is 0 Å². The highest BCUT2D eigenvalue weighted by Crippen LogP contribution is 2.15. The van der Waals surface area contributed by atoms with Crippen LogP contribution in [0, 0.1) is 5.92 Å². The predicted molar refractivity (Wildman–Crippen MR) is 69.8 cm³/mol. The second-order valence-electron chi connectivity index (χ2n) is 4.57. The molecule has 0 aliphatic carbocycles. The molecule has 0 spiro atoms. The minimum atomic E-state index is -0.974. The lowest BCUT2D eigenvalue weighted by Gasteiger charge is -2.22. The maximum atomic E-state index is 12.1. The van der Waals surface area contributed by atoms with Gasteiger partial charge >= 0.3 is 5.97 Å². The fourth-order valence-electron chi connectivity index (χ4n) is 1.82.